The molecule has 1 aliphatic carbocycles. The van der Waals surface area contributed by atoms with Gasteiger partial charge >= 0.3 is 0 Å². The molecule has 0 bridgehead atoms. The van der Waals surface area contributed by atoms with Gasteiger partial charge in [0, 0.05) is 18.2 Å². The highest BCUT2D eigenvalue weighted by molar-refractivity contribution is 6.02. The van der Waals surface area contributed by atoms with Crippen LogP contribution in [0.15, 0.2) is 65.3 Å². The molecule has 0 aromatic heterocycles. The zero-order valence-electron chi connectivity index (χ0n) is 21.6. The molecule has 0 unspecified atom stereocenters. The molecule has 1 saturated carbocycles. The highest BCUT2D eigenvalue weighted by Gasteiger charge is 2.28. The molecule has 1 aliphatic heterocycles. The smallest absolute Gasteiger partial charge is 0.273 e. The third-order valence-electron chi connectivity index (χ3n) is 6.54. The Morgan fingerprint density at radius 3 is 2.44 bits per heavy atom. The van der Waals surface area contributed by atoms with Gasteiger partial charge in [0.15, 0.2) is 0 Å². The van der Waals surface area contributed by atoms with E-state index in [9.17, 15) is 9.59 Å². The second kappa shape index (κ2) is 14.9. The molecule has 36 heavy (non-hydrogen) atoms. The van der Waals surface area contributed by atoms with Crippen LogP contribution in [-0.4, -0.2) is 30.1 Å². The number of hydrogen-bond donors (Lipinski definition) is 1. The Morgan fingerprint density at radius 2 is 1.75 bits per heavy atom. The van der Waals surface area contributed by atoms with E-state index < -0.39 is 0 Å². The molecule has 0 spiro atoms. The Bertz CT molecular complexity index is 1010. The molecule has 0 atom stereocenters. The van der Waals surface area contributed by atoms with Crippen LogP contribution in [0, 0.1) is 5.92 Å². The summed E-state index contributed by atoms with van der Waals surface area (Å²) in [6.45, 7) is 4.79. The minimum absolute atomic E-state index is 0.0869. The first-order valence-corrected chi connectivity index (χ1v) is 13.3. The van der Waals surface area contributed by atoms with E-state index in [1.807, 2.05) is 68.4 Å². The molecular formula is C30H39N3O3. The summed E-state index contributed by atoms with van der Waals surface area (Å²) in [7, 11) is 0. The van der Waals surface area contributed by atoms with Crippen LogP contribution in [0.25, 0.3) is 5.70 Å². The molecular weight excluding hydrogens is 450 g/mol. The van der Waals surface area contributed by atoms with Crippen molar-refractivity contribution in [3.63, 3.8) is 0 Å². The van der Waals surface area contributed by atoms with E-state index >= 15 is 0 Å². The Morgan fingerprint density at radius 1 is 1.03 bits per heavy atom. The minimum Gasteiger partial charge on any atom is -0.489 e. The fourth-order valence-corrected chi connectivity index (χ4v) is 4.67. The lowest BCUT2D eigenvalue weighted by Gasteiger charge is -2.30. The summed E-state index contributed by atoms with van der Waals surface area (Å²) < 4.78 is 5.92. The van der Waals surface area contributed by atoms with Crippen LogP contribution in [0.1, 0.15) is 76.3 Å². The molecule has 1 N–H and O–H groups in total. The van der Waals surface area contributed by atoms with Gasteiger partial charge in [-0.05, 0) is 54.2 Å². The summed E-state index contributed by atoms with van der Waals surface area (Å²) in [5.41, 5.74) is 3.72. The van der Waals surface area contributed by atoms with Crippen molar-refractivity contribution in [1.82, 2.24) is 10.3 Å². The van der Waals surface area contributed by atoms with Crippen molar-refractivity contribution in [3.8, 4) is 5.75 Å². The van der Waals surface area contributed by atoms with Gasteiger partial charge in [0.05, 0.1) is 5.70 Å². The molecule has 6 nitrogen and oxygen atoms in total. The van der Waals surface area contributed by atoms with Gasteiger partial charge in [0.2, 0.25) is 0 Å². The number of hydrogen-bond acceptors (Lipinski definition) is 5. The number of hydrazone groups is 1. The first kappa shape index (κ1) is 27.2. The van der Waals surface area contributed by atoms with Crippen molar-refractivity contribution in [2.24, 2.45) is 11.0 Å². The van der Waals surface area contributed by atoms with Gasteiger partial charge in [0.1, 0.15) is 25.3 Å². The molecule has 192 valence electrons. The van der Waals surface area contributed by atoms with Crippen LogP contribution in [-0.2, 0) is 16.2 Å². The Hall–Kier alpha value is -3.41. The number of rotatable bonds is 10. The fraction of sp³-hybridized carbons (Fsp3) is 0.433. The molecule has 2 aromatic rings. The SMILES string of the molecule is CC.O=CC/C=N\N1CNC(c2ccc(OCc3ccccc3)cc2)=C(CCC2CCCCC2)C1=O. The number of nitrogens with one attached hydrogen (secondary N) is 1. The van der Waals surface area contributed by atoms with Crippen LogP contribution in [0.4, 0.5) is 0 Å². The van der Waals surface area contributed by atoms with E-state index in [-0.39, 0.29) is 19.0 Å². The summed E-state index contributed by atoms with van der Waals surface area (Å²) >= 11 is 0. The summed E-state index contributed by atoms with van der Waals surface area (Å²) in [5, 5.41) is 9.02. The summed E-state index contributed by atoms with van der Waals surface area (Å²) in [6.07, 6.45) is 10.6. The van der Waals surface area contributed by atoms with Crippen molar-refractivity contribution in [2.75, 3.05) is 6.67 Å². The number of carbonyl (C=O) groups is 2. The number of benzene rings is 2. The van der Waals surface area contributed by atoms with E-state index in [4.69, 9.17) is 4.74 Å². The normalized spacial score (nSPS) is 16.4. The van der Waals surface area contributed by atoms with E-state index in [1.54, 1.807) is 0 Å². The van der Waals surface area contributed by atoms with Crippen molar-refractivity contribution in [3.05, 3.63) is 71.3 Å². The average Bonchev–Trinajstić information content (AvgIpc) is 2.95. The lowest BCUT2D eigenvalue weighted by atomic mass is 9.84. The van der Waals surface area contributed by atoms with Gasteiger partial charge < -0.3 is 14.8 Å². The highest BCUT2D eigenvalue weighted by atomic mass is 16.5. The first-order chi connectivity index (χ1) is 17.7. The summed E-state index contributed by atoms with van der Waals surface area (Å²) in [6, 6.07) is 18.0. The number of carbonyl (C=O) groups excluding carboxylic acids is 2. The minimum atomic E-state index is -0.0869. The maximum Gasteiger partial charge on any atom is 0.273 e. The van der Waals surface area contributed by atoms with Crippen LogP contribution < -0.4 is 10.1 Å². The zero-order chi connectivity index (χ0) is 25.6. The molecule has 1 amide bonds. The lowest BCUT2D eigenvalue weighted by molar-refractivity contribution is -0.128. The summed E-state index contributed by atoms with van der Waals surface area (Å²) in [4.78, 5) is 23.9. The molecule has 0 saturated heterocycles. The van der Waals surface area contributed by atoms with Crippen molar-refractivity contribution < 1.29 is 14.3 Å². The van der Waals surface area contributed by atoms with E-state index in [0.717, 1.165) is 47.3 Å². The van der Waals surface area contributed by atoms with Gasteiger partial charge in [0.25, 0.3) is 5.91 Å². The molecule has 2 aromatic carbocycles. The van der Waals surface area contributed by atoms with Gasteiger partial charge in [-0.3, -0.25) is 4.79 Å². The number of amides is 1. The maximum absolute atomic E-state index is 13.3. The third-order valence-corrected chi connectivity index (χ3v) is 6.54. The molecule has 6 heteroatoms. The average molecular weight is 490 g/mol. The predicted octanol–water partition coefficient (Wildman–Crippen LogP) is 6.33. The van der Waals surface area contributed by atoms with Gasteiger partial charge in [-0.1, -0.05) is 76.3 Å². The molecule has 1 fully saturated rings. The standard InChI is InChI=1S/C28H33N3O3.C2H6/c32-19-7-18-30-31-21-29-27(26(28(31)33)17-12-22-8-3-1-4-9-22)24-13-15-25(16-14-24)34-20-23-10-5-2-6-11-23;1-2/h2,5-6,10-11,13-16,18-19,22,29H,1,3-4,7-9,12,17,20-21H2;1-2H3/b30-18-;. The van der Waals surface area contributed by atoms with Gasteiger partial charge in [-0.15, -0.1) is 0 Å². The van der Waals surface area contributed by atoms with Crippen molar-refractivity contribution in [1.29, 1.82) is 0 Å². The third kappa shape index (κ3) is 7.80. The quantitative estimate of drug-likeness (QED) is 0.313. The number of ether oxygens (including phenoxy) is 1. The largest absolute Gasteiger partial charge is 0.489 e. The Labute approximate surface area is 215 Å². The fourth-order valence-electron chi connectivity index (χ4n) is 4.67. The van der Waals surface area contributed by atoms with Crippen LogP contribution in [0.5, 0.6) is 5.75 Å². The maximum atomic E-state index is 13.3. The second-order valence-electron chi connectivity index (χ2n) is 8.93. The topological polar surface area (TPSA) is 71.0 Å². The Balaban J connectivity index is 0.00000176. The number of nitrogens with zero attached hydrogens (tertiary/aromatic N) is 2. The molecule has 1 heterocycles. The second-order valence-corrected chi connectivity index (χ2v) is 8.93. The monoisotopic (exact) mass is 489 g/mol. The lowest BCUT2D eigenvalue weighted by Crippen LogP contribution is -2.41. The zero-order valence-corrected chi connectivity index (χ0v) is 21.6. The van der Waals surface area contributed by atoms with Crippen molar-refractivity contribution >= 4 is 24.1 Å². The number of aldehydes is 1. The highest BCUT2D eigenvalue weighted by Crippen LogP contribution is 2.32. The van der Waals surface area contributed by atoms with E-state index in [2.05, 4.69) is 10.4 Å². The van der Waals surface area contributed by atoms with Crippen LogP contribution >= 0.6 is 0 Å². The van der Waals surface area contributed by atoms with Gasteiger partial charge in [-0.25, -0.2) is 5.01 Å². The van der Waals surface area contributed by atoms with Gasteiger partial charge in [-0.2, -0.15) is 5.10 Å². The van der Waals surface area contributed by atoms with Crippen LogP contribution in [0.2, 0.25) is 0 Å². The molecule has 2 aliphatic rings. The predicted molar refractivity (Wildman–Crippen MR) is 145 cm³/mol. The first-order valence-electron chi connectivity index (χ1n) is 13.3. The summed E-state index contributed by atoms with van der Waals surface area (Å²) in [5.74, 6) is 1.38. The van der Waals surface area contributed by atoms with E-state index in [0.29, 0.717) is 12.5 Å². The molecule has 0 radical (unpaired) electrons. The van der Waals surface area contributed by atoms with Crippen molar-refractivity contribution in [2.45, 2.75) is 71.8 Å². The van der Waals surface area contributed by atoms with Crippen LogP contribution in [0.3, 0.4) is 0 Å². The van der Waals surface area contributed by atoms with E-state index in [1.165, 1.54) is 43.3 Å². The molecule has 4 rings (SSSR count). The Kier molecular flexibility index (Phi) is 11.2.